The van der Waals surface area contributed by atoms with Crippen molar-refractivity contribution in [1.82, 2.24) is 9.88 Å². The van der Waals surface area contributed by atoms with Crippen LogP contribution in [0.2, 0.25) is 5.02 Å². The number of carbonyl (C=O) groups is 1. The Kier molecular flexibility index (Phi) is 5.78. The van der Waals surface area contributed by atoms with Crippen LogP contribution in [0.4, 0.5) is 10.2 Å². The third-order valence-corrected chi connectivity index (χ3v) is 5.81. The molecular weight excluding hydrogens is 381 g/mol. The van der Waals surface area contributed by atoms with Crippen LogP contribution < -0.4 is 5.32 Å². The lowest BCUT2D eigenvalue weighted by Gasteiger charge is -2.27. The minimum Gasteiger partial charge on any atom is -0.378 e. The van der Waals surface area contributed by atoms with Crippen LogP contribution in [-0.2, 0) is 4.74 Å². The molecule has 1 aliphatic carbocycles. The average Bonchev–Trinajstić information content (AvgIpc) is 3.18. The monoisotopic (exact) mass is 403 g/mol. The zero-order valence-corrected chi connectivity index (χ0v) is 16.3. The van der Waals surface area contributed by atoms with Crippen molar-refractivity contribution < 1.29 is 13.9 Å². The van der Waals surface area contributed by atoms with E-state index in [4.69, 9.17) is 16.3 Å². The van der Waals surface area contributed by atoms with E-state index in [1.54, 1.807) is 17.2 Å². The number of hydrogen-bond acceptors (Lipinski definition) is 4. The Labute approximate surface area is 168 Å². The number of nitrogens with zero attached hydrogens (tertiary/aromatic N) is 2. The van der Waals surface area contributed by atoms with Gasteiger partial charge < -0.3 is 15.0 Å². The Hall–Kier alpha value is -2.18. The number of aromatic nitrogens is 1. The number of pyridine rings is 1. The van der Waals surface area contributed by atoms with E-state index in [1.165, 1.54) is 12.1 Å². The summed E-state index contributed by atoms with van der Waals surface area (Å²) in [6.45, 7) is 2.27. The van der Waals surface area contributed by atoms with Crippen molar-refractivity contribution in [3.63, 3.8) is 0 Å². The van der Waals surface area contributed by atoms with Gasteiger partial charge >= 0.3 is 0 Å². The highest BCUT2D eigenvalue weighted by molar-refractivity contribution is 6.33. The Morgan fingerprint density at radius 2 is 1.96 bits per heavy atom. The van der Waals surface area contributed by atoms with Crippen LogP contribution in [0.15, 0.2) is 36.5 Å². The summed E-state index contributed by atoms with van der Waals surface area (Å²) in [5.41, 5.74) is 1.60. The fraction of sp³-hybridized carbons (Fsp3) is 0.429. The number of halogens is 2. The summed E-state index contributed by atoms with van der Waals surface area (Å²) in [6, 6.07) is 8.55. The van der Waals surface area contributed by atoms with Crippen LogP contribution in [-0.4, -0.2) is 48.1 Å². The van der Waals surface area contributed by atoms with E-state index in [0.29, 0.717) is 42.7 Å². The fourth-order valence-electron chi connectivity index (χ4n) is 4.03. The maximum Gasteiger partial charge on any atom is 0.255 e. The second kappa shape index (κ2) is 8.45. The van der Waals surface area contributed by atoms with E-state index < -0.39 is 0 Å². The molecule has 2 heterocycles. The second-order valence-electron chi connectivity index (χ2n) is 7.30. The quantitative estimate of drug-likeness (QED) is 0.835. The molecule has 1 aromatic carbocycles. The minimum absolute atomic E-state index is 0.0747. The Balaban J connectivity index is 1.47. The summed E-state index contributed by atoms with van der Waals surface area (Å²) < 4.78 is 18.5. The van der Waals surface area contributed by atoms with E-state index in [0.717, 1.165) is 24.8 Å². The summed E-state index contributed by atoms with van der Waals surface area (Å²) in [7, 11) is 0. The van der Waals surface area contributed by atoms with Crippen molar-refractivity contribution in [1.29, 1.82) is 0 Å². The molecule has 1 amide bonds. The highest BCUT2D eigenvalue weighted by atomic mass is 35.5. The third-order valence-electron chi connectivity index (χ3n) is 5.52. The predicted octanol–water partition coefficient (Wildman–Crippen LogP) is 4.09. The maximum atomic E-state index is 13.2. The summed E-state index contributed by atoms with van der Waals surface area (Å²) >= 11 is 6.44. The lowest BCUT2D eigenvalue weighted by Crippen LogP contribution is -2.40. The van der Waals surface area contributed by atoms with Crippen LogP contribution in [0.5, 0.6) is 0 Å². The topological polar surface area (TPSA) is 54.5 Å². The molecule has 7 heteroatoms. The number of rotatable bonds is 4. The first-order valence-electron chi connectivity index (χ1n) is 9.66. The van der Waals surface area contributed by atoms with Gasteiger partial charge in [0, 0.05) is 31.2 Å². The van der Waals surface area contributed by atoms with Gasteiger partial charge in [-0.15, -0.1) is 0 Å². The van der Waals surface area contributed by atoms with Crippen LogP contribution in [0, 0.1) is 5.82 Å². The lowest BCUT2D eigenvalue weighted by molar-refractivity contribution is 0.0302. The van der Waals surface area contributed by atoms with Crippen molar-refractivity contribution in [2.24, 2.45) is 0 Å². The molecule has 2 aliphatic rings. The number of amides is 1. The Morgan fingerprint density at radius 3 is 2.68 bits per heavy atom. The van der Waals surface area contributed by atoms with Crippen LogP contribution in [0.25, 0.3) is 0 Å². The minimum atomic E-state index is -0.225. The van der Waals surface area contributed by atoms with Gasteiger partial charge in [0.2, 0.25) is 0 Å². The van der Waals surface area contributed by atoms with E-state index >= 15 is 0 Å². The van der Waals surface area contributed by atoms with Gasteiger partial charge in [0.25, 0.3) is 5.91 Å². The summed E-state index contributed by atoms with van der Waals surface area (Å²) in [5, 5.41) is 3.87. The molecule has 2 unspecified atom stereocenters. The van der Waals surface area contributed by atoms with E-state index in [9.17, 15) is 9.18 Å². The summed E-state index contributed by atoms with van der Waals surface area (Å²) in [5.74, 6) is 0.568. The number of morpholine rings is 1. The molecule has 0 bridgehead atoms. The number of benzene rings is 1. The molecular formula is C21H23ClFN3O2. The van der Waals surface area contributed by atoms with Gasteiger partial charge in [0.05, 0.1) is 23.8 Å². The molecule has 28 heavy (non-hydrogen) atoms. The number of nitrogens with one attached hydrogen (secondary N) is 1. The van der Waals surface area contributed by atoms with E-state index in [2.05, 4.69) is 10.3 Å². The molecule has 1 N–H and O–H groups in total. The maximum absolute atomic E-state index is 13.2. The van der Waals surface area contributed by atoms with Gasteiger partial charge in [0.15, 0.2) is 0 Å². The Bertz CT molecular complexity index is 840. The van der Waals surface area contributed by atoms with Crippen LogP contribution in [0.1, 0.15) is 41.1 Å². The van der Waals surface area contributed by atoms with Crippen molar-refractivity contribution in [2.75, 3.05) is 31.6 Å². The van der Waals surface area contributed by atoms with Gasteiger partial charge in [-0.1, -0.05) is 30.2 Å². The molecule has 1 saturated carbocycles. The van der Waals surface area contributed by atoms with Crippen molar-refractivity contribution in [2.45, 2.75) is 31.2 Å². The van der Waals surface area contributed by atoms with Crippen LogP contribution in [0.3, 0.4) is 0 Å². The van der Waals surface area contributed by atoms with Crippen molar-refractivity contribution in [3.05, 3.63) is 58.5 Å². The second-order valence-corrected chi connectivity index (χ2v) is 7.71. The zero-order valence-electron chi connectivity index (χ0n) is 15.5. The highest BCUT2D eigenvalue weighted by Gasteiger charge is 2.29. The van der Waals surface area contributed by atoms with Crippen LogP contribution >= 0.6 is 11.6 Å². The summed E-state index contributed by atoms with van der Waals surface area (Å²) in [6.07, 6.45) is 4.70. The van der Waals surface area contributed by atoms with Gasteiger partial charge in [-0.2, -0.15) is 0 Å². The smallest absolute Gasteiger partial charge is 0.255 e. The fourth-order valence-corrected chi connectivity index (χ4v) is 4.25. The standard InChI is InChI=1S/C21H23ClFN3O2/c22-18-12-15(21(27)26-8-10-28-11-9-26)13-24-20(18)25-19-3-1-2-17(19)14-4-6-16(23)7-5-14/h4-7,12-13,17,19H,1-3,8-11H2,(H,24,25). The first-order valence-corrected chi connectivity index (χ1v) is 10.0. The normalized spacial score (nSPS) is 22.3. The third kappa shape index (κ3) is 4.13. The number of anilines is 1. The predicted molar refractivity (Wildman–Crippen MR) is 106 cm³/mol. The van der Waals surface area contributed by atoms with E-state index in [1.807, 2.05) is 12.1 Å². The van der Waals surface area contributed by atoms with Gasteiger partial charge in [-0.05, 0) is 36.6 Å². The van der Waals surface area contributed by atoms with Crippen molar-refractivity contribution in [3.8, 4) is 0 Å². The number of ether oxygens (including phenoxy) is 1. The Morgan fingerprint density at radius 1 is 1.21 bits per heavy atom. The molecule has 1 aliphatic heterocycles. The summed E-state index contributed by atoms with van der Waals surface area (Å²) in [4.78, 5) is 18.8. The zero-order chi connectivity index (χ0) is 19.5. The highest BCUT2D eigenvalue weighted by Crippen LogP contribution is 2.37. The molecule has 5 nitrogen and oxygen atoms in total. The molecule has 148 valence electrons. The molecule has 0 spiro atoms. The molecule has 2 fully saturated rings. The number of hydrogen-bond donors (Lipinski definition) is 1. The number of carbonyl (C=O) groups excluding carboxylic acids is 1. The first-order chi connectivity index (χ1) is 13.6. The largest absolute Gasteiger partial charge is 0.378 e. The molecule has 1 saturated heterocycles. The molecule has 1 aromatic heterocycles. The van der Waals surface area contributed by atoms with Gasteiger partial charge in [-0.3, -0.25) is 4.79 Å². The average molecular weight is 404 g/mol. The van der Waals surface area contributed by atoms with Gasteiger partial charge in [0.1, 0.15) is 11.6 Å². The van der Waals surface area contributed by atoms with Crippen molar-refractivity contribution >= 4 is 23.3 Å². The van der Waals surface area contributed by atoms with Gasteiger partial charge in [-0.25, -0.2) is 9.37 Å². The first kappa shape index (κ1) is 19.2. The molecule has 2 aromatic rings. The molecule has 0 radical (unpaired) electrons. The van der Waals surface area contributed by atoms with E-state index in [-0.39, 0.29) is 23.7 Å². The SMILES string of the molecule is O=C(c1cnc(NC2CCCC2c2ccc(F)cc2)c(Cl)c1)N1CCOCC1. The lowest BCUT2D eigenvalue weighted by atomic mass is 9.94. The molecule has 4 rings (SSSR count). The molecule has 2 atom stereocenters.